The van der Waals surface area contributed by atoms with Gasteiger partial charge in [-0.1, -0.05) is 6.07 Å². The van der Waals surface area contributed by atoms with E-state index >= 15 is 0 Å². The third-order valence-electron chi connectivity index (χ3n) is 2.53. The normalized spacial score (nSPS) is 13.9. The Balaban J connectivity index is 2.19. The summed E-state index contributed by atoms with van der Waals surface area (Å²) in [6.07, 6.45) is 1.52. The van der Waals surface area contributed by atoms with Gasteiger partial charge in [-0.05, 0) is 65.9 Å². The first-order valence-corrected chi connectivity index (χ1v) is 6.83. The minimum absolute atomic E-state index is 0.126. The highest BCUT2D eigenvalue weighted by Gasteiger charge is 2.19. The molecule has 1 aromatic heterocycles. The third kappa shape index (κ3) is 3.43. The molecule has 0 radical (unpaired) electrons. The zero-order chi connectivity index (χ0) is 13.0. The highest BCUT2D eigenvalue weighted by atomic mass is 127. The number of benzene rings is 1. The second-order valence-corrected chi connectivity index (χ2v) is 5.35. The van der Waals surface area contributed by atoms with Crippen LogP contribution in [-0.4, -0.2) is 11.0 Å². The van der Waals surface area contributed by atoms with Gasteiger partial charge in [0.15, 0.2) is 6.10 Å². The van der Waals surface area contributed by atoms with E-state index in [2.05, 4.69) is 27.6 Å². The smallest absolute Gasteiger partial charge is 0.155 e. The maximum absolute atomic E-state index is 5.98. The number of halogens is 1. The van der Waals surface area contributed by atoms with Gasteiger partial charge in [-0.2, -0.15) is 0 Å². The fraction of sp³-hybridized carbons (Fsp3) is 0.214. The molecule has 2 aromatic rings. The van der Waals surface area contributed by atoms with Crippen molar-refractivity contribution in [3.63, 3.8) is 0 Å². The summed E-state index contributed by atoms with van der Waals surface area (Å²) in [5.41, 5.74) is 6.83. The van der Waals surface area contributed by atoms with E-state index in [1.165, 1.54) is 3.57 Å². The number of nitrogens with zero attached hydrogens (tertiary/aromatic N) is 1. The first-order chi connectivity index (χ1) is 8.66. The van der Waals surface area contributed by atoms with Crippen LogP contribution in [0.5, 0.6) is 5.75 Å². The molecule has 4 heteroatoms. The van der Waals surface area contributed by atoms with Crippen LogP contribution in [0.15, 0.2) is 48.7 Å². The molecule has 0 saturated heterocycles. The average Bonchev–Trinajstić information content (AvgIpc) is 2.38. The van der Waals surface area contributed by atoms with Gasteiger partial charge in [0.2, 0.25) is 0 Å². The van der Waals surface area contributed by atoms with Crippen LogP contribution in [0.2, 0.25) is 0 Å². The molecule has 1 heterocycles. The summed E-state index contributed by atoms with van der Waals surface area (Å²) in [7, 11) is 0. The molecule has 3 nitrogen and oxygen atoms in total. The Labute approximate surface area is 121 Å². The Bertz CT molecular complexity index is 485. The molecule has 0 amide bonds. The molecule has 0 saturated carbocycles. The predicted molar refractivity (Wildman–Crippen MR) is 80.4 cm³/mol. The van der Waals surface area contributed by atoms with Crippen LogP contribution in [0.4, 0.5) is 0 Å². The second-order valence-electron chi connectivity index (χ2n) is 4.11. The molecule has 2 atom stereocenters. The summed E-state index contributed by atoms with van der Waals surface area (Å²) in [5, 5.41) is 0. The van der Waals surface area contributed by atoms with Gasteiger partial charge in [0.1, 0.15) is 5.75 Å². The van der Waals surface area contributed by atoms with E-state index in [0.717, 1.165) is 11.4 Å². The van der Waals surface area contributed by atoms with Crippen molar-refractivity contribution in [2.75, 3.05) is 0 Å². The van der Waals surface area contributed by atoms with Crippen LogP contribution < -0.4 is 10.5 Å². The van der Waals surface area contributed by atoms with Crippen LogP contribution in [0, 0.1) is 3.57 Å². The SMILES string of the molecule is CC(N)C(Oc1ccc(I)cc1)c1ccccn1. The summed E-state index contributed by atoms with van der Waals surface area (Å²) in [4.78, 5) is 4.31. The number of ether oxygens (including phenoxy) is 1. The van der Waals surface area contributed by atoms with Crippen LogP contribution in [0.25, 0.3) is 0 Å². The van der Waals surface area contributed by atoms with Crippen molar-refractivity contribution in [2.45, 2.75) is 19.1 Å². The van der Waals surface area contributed by atoms with Crippen LogP contribution in [0.3, 0.4) is 0 Å². The Morgan fingerprint density at radius 3 is 2.44 bits per heavy atom. The van der Waals surface area contributed by atoms with E-state index in [1.807, 2.05) is 49.4 Å². The molecule has 0 fully saturated rings. The molecule has 2 unspecified atom stereocenters. The topological polar surface area (TPSA) is 48.1 Å². The van der Waals surface area contributed by atoms with Crippen molar-refractivity contribution in [1.82, 2.24) is 4.98 Å². The molecular formula is C14H15IN2O. The molecule has 0 aliphatic rings. The van der Waals surface area contributed by atoms with E-state index in [-0.39, 0.29) is 12.1 Å². The number of aromatic nitrogens is 1. The summed E-state index contributed by atoms with van der Waals surface area (Å²) in [6.45, 7) is 1.92. The van der Waals surface area contributed by atoms with Crippen LogP contribution in [-0.2, 0) is 0 Å². The lowest BCUT2D eigenvalue weighted by molar-refractivity contribution is 0.176. The van der Waals surface area contributed by atoms with Gasteiger partial charge in [0.05, 0.1) is 5.69 Å². The maximum Gasteiger partial charge on any atom is 0.155 e. The molecule has 18 heavy (non-hydrogen) atoms. The maximum atomic E-state index is 5.98. The van der Waals surface area contributed by atoms with Crippen LogP contribution in [0.1, 0.15) is 18.7 Å². The number of rotatable bonds is 4. The van der Waals surface area contributed by atoms with E-state index < -0.39 is 0 Å². The zero-order valence-electron chi connectivity index (χ0n) is 10.1. The summed E-state index contributed by atoms with van der Waals surface area (Å²) < 4.78 is 7.10. The monoisotopic (exact) mass is 354 g/mol. The van der Waals surface area contributed by atoms with Gasteiger partial charge in [0, 0.05) is 15.8 Å². The number of nitrogens with two attached hydrogens (primary N) is 1. The first-order valence-electron chi connectivity index (χ1n) is 5.75. The second kappa shape index (κ2) is 6.15. The highest BCUT2D eigenvalue weighted by molar-refractivity contribution is 14.1. The molecule has 0 aliphatic heterocycles. The van der Waals surface area contributed by atoms with Gasteiger partial charge in [0.25, 0.3) is 0 Å². The molecule has 1 aromatic carbocycles. The van der Waals surface area contributed by atoms with Crippen molar-refractivity contribution < 1.29 is 4.74 Å². The lowest BCUT2D eigenvalue weighted by atomic mass is 10.1. The van der Waals surface area contributed by atoms with Crippen LogP contribution >= 0.6 is 22.6 Å². The Kier molecular flexibility index (Phi) is 4.54. The summed E-state index contributed by atoms with van der Waals surface area (Å²) in [6, 6.07) is 13.5. The predicted octanol–water partition coefficient (Wildman–Crippen LogP) is 3.15. The largest absolute Gasteiger partial charge is 0.483 e. The quantitative estimate of drug-likeness (QED) is 0.859. The van der Waals surface area contributed by atoms with Crippen molar-refractivity contribution in [2.24, 2.45) is 5.73 Å². The van der Waals surface area contributed by atoms with Gasteiger partial charge >= 0.3 is 0 Å². The van der Waals surface area contributed by atoms with E-state index in [9.17, 15) is 0 Å². The fourth-order valence-corrected chi connectivity index (χ4v) is 2.00. The van der Waals surface area contributed by atoms with Gasteiger partial charge < -0.3 is 10.5 Å². The van der Waals surface area contributed by atoms with E-state index in [0.29, 0.717) is 0 Å². The third-order valence-corrected chi connectivity index (χ3v) is 3.25. The number of hydrogen-bond acceptors (Lipinski definition) is 3. The van der Waals surface area contributed by atoms with Crippen molar-refractivity contribution in [3.05, 3.63) is 57.9 Å². The lowest BCUT2D eigenvalue weighted by Gasteiger charge is -2.22. The molecule has 0 aliphatic carbocycles. The lowest BCUT2D eigenvalue weighted by Crippen LogP contribution is -2.29. The Morgan fingerprint density at radius 1 is 1.17 bits per heavy atom. The van der Waals surface area contributed by atoms with E-state index in [1.54, 1.807) is 6.20 Å². The van der Waals surface area contributed by atoms with Crippen molar-refractivity contribution in [3.8, 4) is 5.75 Å². The average molecular weight is 354 g/mol. The minimum Gasteiger partial charge on any atom is -0.483 e. The molecule has 94 valence electrons. The van der Waals surface area contributed by atoms with Gasteiger partial charge in [-0.25, -0.2) is 0 Å². The standard InChI is InChI=1S/C14H15IN2O/c1-10(16)14(13-4-2-3-9-17-13)18-12-7-5-11(15)6-8-12/h2-10,14H,16H2,1H3. The minimum atomic E-state index is -0.230. The van der Waals surface area contributed by atoms with Crippen molar-refractivity contribution in [1.29, 1.82) is 0 Å². The molecule has 0 bridgehead atoms. The van der Waals surface area contributed by atoms with E-state index in [4.69, 9.17) is 10.5 Å². The molecule has 2 N–H and O–H groups in total. The first kappa shape index (κ1) is 13.3. The zero-order valence-corrected chi connectivity index (χ0v) is 12.2. The summed E-state index contributed by atoms with van der Waals surface area (Å²) >= 11 is 2.26. The summed E-state index contributed by atoms with van der Waals surface area (Å²) in [5.74, 6) is 0.809. The van der Waals surface area contributed by atoms with Gasteiger partial charge in [-0.3, -0.25) is 4.98 Å². The molecule has 2 rings (SSSR count). The Hall–Kier alpha value is -1.14. The Morgan fingerprint density at radius 2 is 1.89 bits per heavy atom. The molecular weight excluding hydrogens is 339 g/mol. The fourth-order valence-electron chi connectivity index (χ4n) is 1.64. The van der Waals surface area contributed by atoms with Gasteiger partial charge in [-0.15, -0.1) is 0 Å². The number of pyridine rings is 1. The highest BCUT2D eigenvalue weighted by Crippen LogP contribution is 2.23. The number of hydrogen-bond donors (Lipinski definition) is 1. The molecule has 0 spiro atoms. The van der Waals surface area contributed by atoms with Crippen molar-refractivity contribution >= 4 is 22.6 Å².